The van der Waals surface area contributed by atoms with Gasteiger partial charge in [-0.1, -0.05) is 0 Å². The second-order valence-corrected chi connectivity index (χ2v) is 3.92. The number of rotatable bonds is 0. The van der Waals surface area contributed by atoms with Crippen LogP contribution >= 0.6 is 0 Å². The quantitative estimate of drug-likeness (QED) is 0.550. The standard InChI is InChI=1S/C9H14O3/c1-3-7-8(10-6-1)12-9(11-7)4-2-5-9/h7-8H,1-6H2. The van der Waals surface area contributed by atoms with Crippen LogP contribution in [0.3, 0.4) is 0 Å². The van der Waals surface area contributed by atoms with Crippen molar-refractivity contribution < 1.29 is 14.2 Å². The maximum atomic E-state index is 5.84. The SMILES string of the molecule is C1COC2OC3(CCC3)OC2C1. The Hall–Kier alpha value is -0.120. The highest BCUT2D eigenvalue weighted by Crippen LogP contribution is 2.46. The molecule has 68 valence electrons. The second kappa shape index (κ2) is 2.44. The first-order valence-corrected chi connectivity index (χ1v) is 4.85. The lowest BCUT2D eigenvalue weighted by Crippen LogP contribution is -2.38. The van der Waals surface area contributed by atoms with Crippen LogP contribution in [0.4, 0.5) is 0 Å². The van der Waals surface area contributed by atoms with E-state index in [0.29, 0.717) is 0 Å². The first kappa shape index (κ1) is 7.30. The molecule has 2 unspecified atom stereocenters. The van der Waals surface area contributed by atoms with Gasteiger partial charge >= 0.3 is 0 Å². The van der Waals surface area contributed by atoms with Crippen molar-refractivity contribution in [2.45, 2.75) is 50.3 Å². The highest BCUT2D eigenvalue weighted by molar-refractivity contribution is 4.89. The number of hydrogen-bond acceptors (Lipinski definition) is 3. The lowest BCUT2D eigenvalue weighted by Gasteiger charge is -2.35. The monoisotopic (exact) mass is 170 g/mol. The Kier molecular flexibility index (Phi) is 1.48. The van der Waals surface area contributed by atoms with Gasteiger partial charge in [0.05, 0.1) is 0 Å². The average molecular weight is 170 g/mol. The minimum Gasteiger partial charge on any atom is -0.350 e. The Balaban J connectivity index is 1.74. The van der Waals surface area contributed by atoms with Crippen LogP contribution in [0.5, 0.6) is 0 Å². The van der Waals surface area contributed by atoms with Crippen molar-refractivity contribution in [1.82, 2.24) is 0 Å². The zero-order valence-corrected chi connectivity index (χ0v) is 7.12. The Morgan fingerprint density at radius 2 is 2.00 bits per heavy atom. The molecule has 2 saturated heterocycles. The molecule has 1 saturated carbocycles. The summed E-state index contributed by atoms with van der Waals surface area (Å²) in [6.45, 7) is 0.834. The summed E-state index contributed by atoms with van der Waals surface area (Å²) in [5.74, 6) is -0.223. The van der Waals surface area contributed by atoms with Gasteiger partial charge in [0.1, 0.15) is 6.10 Å². The van der Waals surface area contributed by atoms with E-state index in [1.54, 1.807) is 0 Å². The first-order valence-electron chi connectivity index (χ1n) is 4.85. The molecule has 2 aliphatic heterocycles. The van der Waals surface area contributed by atoms with E-state index in [9.17, 15) is 0 Å². The van der Waals surface area contributed by atoms with Crippen LogP contribution in [-0.2, 0) is 14.2 Å². The van der Waals surface area contributed by atoms with E-state index in [-0.39, 0.29) is 18.2 Å². The summed E-state index contributed by atoms with van der Waals surface area (Å²) in [7, 11) is 0. The molecule has 3 nitrogen and oxygen atoms in total. The minimum atomic E-state index is -0.223. The lowest BCUT2D eigenvalue weighted by molar-refractivity contribution is -0.246. The van der Waals surface area contributed by atoms with Gasteiger partial charge in [0.25, 0.3) is 0 Å². The zero-order valence-electron chi connectivity index (χ0n) is 7.12. The van der Waals surface area contributed by atoms with Crippen molar-refractivity contribution in [1.29, 1.82) is 0 Å². The van der Waals surface area contributed by atoms with Gasteiger partial charge in [-0.3, -0.25) is 0 Å². The van der Waals surface area contributed by atoms with Crippen molar-refractivity contribution >= 4 is 0 Å². The molecule has 0 aromatic rings. The largest absolute Gasteiger partial charge is 0.350 e. The lowest BCUT2D eigenvalue weighted by atomic mass is 9.91. The van der Waals surface area contributed by atoms with E-state index in [1.165, 1.54) is 6.42 Å². The molecule has 0 radical (unpaired) electrons. The predicted octanol–water partition coefficient (Wildman–Crippen LogP) is 1.42. The van der Waals surface area contributed by atoms with Crippen LogP contribution in [0.15, 0.2) is 0 Å². The zero-order chi connectivity index (χ0) is 8.02. The van der Waals surface area contributed by atoms with E-state index in [1.807, 2.05) is 0 Å². The Morgan fingerprint density at radius 3 is 2.67 bits per heavy atom. The van der Waals surface area contributed by atoms with Crippen LogP contribution in [0.1, 0.15) is 32.1 Å². The summed E-state index contributed by atoms with van der Waals surface area (Å²) in [4.78, 5) is 0. The molecule has 3 aliphatic rings. The summed E-state index contributed by atoms with van der Waals surface area (Å²) in [6, 6.07) is 0. The fourth-order valence-electron chi connectivity index (χ4n) is 2.17. The maximum Gasteiger partial charge on any atom is 0.187 e. The van der Waals surface area contributed by atoms with Crippen molar-refractivity contribution in [3.8, 4) is 0 Å². The highest BCUT2D eigenvalue weighted by Gasteiger charge is 2.52. The van der Waals surface area contributed by atoms with E-state index < -0.39 is 0 Å². The summed E-state index contributed by atoms with van der Waals surface area (Å²) < 4.78 is 17.1. The number of fused-ring (bicyclic) bond motifs is 1. The van der Waals surface area contributed by atoms with Gasteiger partial charge in [0.2, 0.25) is 0 Å². The molecule has 0 N–H and O–H groups in total. The Bertz CT molecular complexity index is 172. The van der Waals surface area contributed by atoms with Crippen molar-refractivity contribution in [2.24, 2.45) is 0 Å². The van der Waals surface area contributed by atoms with Crippen LogP contribution in [0.25, 0.3) is 0 Å². The number of hydrogen-bond donors (Lipinski definition) is 0. The fourth-order valence-corrected chi connectivity index (χ4v) is 2.17. The normalized spacial score (nSPS) is 44.0. The smallest absolute Gasteiger partial charge is 0.187 e. The van der Waals surface area contributed by atoms with Gasteiger partial charge in [0.15, 0.2) is 12.1 Å². The summed E-state index contributed by atoms with van der Waals surface area (Å²) in [6.07, 6.45) is 5.73. The van der Waals surface area contributed by atoms with Gasteiger partial charge in [0, 0.05) is 19.4 Å². The molecule has 0 aromatic heterocycles. The van der Waals surface area contributed by atoms with Crippen LogP contribution in [0, 0.1) is 0 Å². The number of ether oxygens (including phenoxy) is 3. The van der Waals surface area contributed by atoms with Crippen molar-refractivity contribution in [3.63, 3.8) is 0 Å². The van der Waals surface area contributed by atoms with Gasteiger partial charge in [-0.05, 0) is 19.3 Å². The molecule has 3 heteroatoms. The second-order valence-electron chi connectivity index (χ2n) is 3.92. The van der Waals surface area contributed by atoms with Gasteiger partial charge < -0.3 is 14.2 Å². The van der Waals surface area contributed by atoms with E-state index in [4.69, 9.17) is 14.2 Å². The van der Waals surface area contributed by atoms with Gasteiger partial charge in [-0.25, -0.2) is 0 Å². The summed E-state index contributed by atoms with van der Waals surface area (Å²) >= 11 is 0. The van der Waals surface area contributed by atoms with E-state index in [0.717, 1.165) is 32.3 Å². The van der Waals surface area contributed by atoms with Gasteiger partial charge in [-0.15, -0.1) is 0 Å². The van der Waals surface area contributed by atoms with Gasteiger partial charge in [-0.2, -0.15) is 0 Å². The molecule has 0 amide bonds. The molecule has 0 bridgehead atoms. The molecule has 2 heterocycles. The molecular formula is C9H14O3. The van der Waals surface area contributed by atoms with E-state index >= 15 is 0 Å². The summed E-state index contributed by atoms with van der Waals surface area (Å²) in [5.41, 5.74) is 0. The Morgan fingerprint density at radius 1 is 1.08 bits per heavy atom. The van der Waals surface area contributed by atoms with Crippen LogP contribution in [0.2, 0.25) is 0 Å². The molecule has 3 fully saturated rings. The Labute approximate surface area is 72.0 Å². The molecule has 1 spiro atoms. The molecule has 12 heavy (non-hydrogen) atoms. The summed E-state index contributed by atoms with van der Waals surface area (Å²) in [5, 5.41) is 0. The third-order valence-corrected chi connectivity index (χ3v) is 3.03. The highest BCUT2D eigenvalue weighted by atomic mass is 16.8. The molecule has 2 atom stereocenters. The first-order chi connectivity index (χ1) is 5.88. The third-order valence-electron chi connectivity index (χ3n) is 3.03. The molecular weight excluding hydrogens is 156 g/mol. The average Bonchev–Trinajstić information content (AvgIpc) is 2.42. The maximum absolute atomic E-state index is 5.84. The minimum absolute atomic E-state index is 0.0564. The molecule has 1 aliphatic carbocycles. The molecule has 3 rings (SSSR count). The fraction of sp³-hybridized carbons (Fsp3) is 1.00. The van der Waals surface area contributed by atoms with Crippen LogP contribution < -0.4 is 0 Å². The van der Waals surface area contributed by atoms with E-state index in [2.05, 4.69) is 0 Å². The predicted molar refractivity (Wildman–Crippen MR) is 41.5 cm³/mol. The third kappa shape index (κ3) is 0.934. The van der Waals surface area contributed by atoms with Crippen molar-refractivity contribution in [3.05, 3.63) is 0 Å². The molecule has 0 aromatic carbocycles. The van der Waals surface area contributed by atoms with Crippen molar-refractivity contribution in [2.75, 3.05) is 6.61 Å². The topological polar surface area (TPSA) is 27.7 Å². The van der Waals surface area contributed by atoms with Crippen LogP contribution in [-0.4, -0.2) is 24.8 Å².